The predicted molar refractivity (Wildman–Crippen MR) is 120 cm³/mol. The molecule has 0 saturated heterocycles. The van der Waals surface area contributed by atoms with Crippen LogP contribution in [0.4, 0.5) is 5.69 Å². The van der Waals surface area contributed by atoms with E-state index in [-0.39, 0.29) is 16.7 Å². The average Bonchev–Trinajstić information content (AvgIpc) is 3.35. The Morgan fingerprint density at radius 3 is 2.93 bits per heavy atom. The highest BCUT2D eigenvalue weighted by molar-refractivity contribution is 7.99. The first-order chi connectivity index (χ1) is 14.4. The third-order valence-electron chi connectivity index (χ3n) is 4.69. The Balaban J connectivity index is 1.45. The maximum Gasteiger partial charge on any atom is 0.259 e. The van der Waals surface area contributed by atoms with Crippen molar-refractivity contribution in [2.24, 2.45) is 0 Å². The molecule has 4 heterocycles. The second kappa shape index (κ2) is 8.41. The quantitative estimate of drug-likeness (QED) is 0.476. The average molecular weight is 441 g/mol. The SMILES string of the molecule is Cc1sc2nc(CS[C@@H](C)C(=O)Nc3cccnc3-n3cccn3)[nH]c(=O)c2c1C. The van der Waals surface area contributed by atoms with E-state index >= 15 is 0 Å². The van der Waals surface area contributed by atoms with E-state index in [0.29, 0.717) is 28.5 Å². The minimum absolute atomic E-state index is 0.131. The van der Waals surface area contributed by atoms with Gasteiger partial charge in [-0.05, 0) is 44.5 Å². The van der Waals surface area contributed by atoms with E-state index in [4.69, 9.17) is 0 Å². The van der Waals surface area contributed by atoms with Crippen molar-refractivity contribution in [3.05, 3.63) is 63.4 Å². The molecule has 10 heteroatoms. The molecule has 0 bridgehead atoms. The van der Waals surface area contributed by atoms with Crippen LogP contribution in [0.3, 0.4) is 0 Å². The lowest BCUT2D eigenvalue weighted by molar-refractivity contribution is -0.115. The van der Waals surface area contributed by atoms with Gasteiger partial charge in [-0.1, -0.05) is 0 Å². The number of pyridine rings is 1. The summed E-state index contributed by atoms with van der Waals surface area (Å²) in [5.41, 5.74) is 1.42. The molecule has 0 radical (unpaired) electrons. The molecule has 0 spiro atoms. The van der Waals surface area contributed by atoms with Gasteiger partial charge >= 0.3 is 0 Å². The Kier molecular flexibility index (Phi) is 5.69. The van der Waals surface area contributed by atoms with Gasteiger partial charge < -0.3 is 10.3 Å². The number of aromatic nitrogens is 5. The maximum absolute atomic E-state index is 12.7. The molecular weight excluding hydrogens is 420 g/mol. The lowest BCUT2D eigenvalue weighted by atomic mass is 10.2. The minimum Gasteiger partial charge on any atom is -0.322 e. The molecule has 2 N–H and O–H groups in total. The predicted octanol–water partition coefficient (Wildman–Crippen LogP) is 3.44. The van der Waals surface area contributed by atoms with Crippen LogP contribution in [-0.2, 0) is 10.5 Å². The summed E-state index contributed by atoms with van der Waals surface area (Å²) in [6, 6.07) is 5.34. The molecule has 4 aromatic rings. The van der Waals surface area contributed by atoms with Crippen molar-refractivity contribution in [2.75, 3.05) is 5.32 Å². The van der Waals surface area contributed by atoms with Crippen molar-refractivity contribution in [3.8, 4) is 5.82 Å². The molecular formula is C20H20N6O2S2. The van der Waals surface area contributed by atoms with Crippen LogP contribution >= 0.6 is 23.1 Å². The smallest absolute Gasteiger partial charge is 0.259 e. The number of aryl methyl sites for hydroxylation is 2. The monoisotopic (exact) mass is 440 g/mol. The fourth-order valence-electron chi connectivity index (χ4n) is 2.95. The second-order valence-electron chi connectivity index (χ2n) is 6.74. The van der Waals surface area contributed by atoms with Crippen molar-refractivity contribution < 1.29 is 4.79 Å². The van der Waals surface area contributed by atoms with Gasteiger partial charge in [0.15, 0.2) is 5.82 Å². The van der Waals surface area contributed by atoms with Gasteiger partial charge in [-0.2, -0.15) is 5.10 Å². The fraction of sp³-hybridized carbons (Fsp3) is 0.250. The topological polar surface area (TPSA) is 106 Å². The molecule has 1 amide bonds. The van der Waals surface area contributed by atoms with Crippen LogP contribution < -0.4 is 10.9 Å². The highest BCUT2D eigenvalue weighted by Gasteiger charge is 2.18. The Labute approximate surface area is 180 Å². The van der Waals surface area contributed by atoms with Crippen LogP contribution in [0.25, 0.3) is 16.0 Å². The first-order valence-corrected chi connectivity index (χ1v) is 11.2. The molecule has 0 saturated carbocycles. The zero-order valence-corrected chi connectivity index (χ0v) is 18.3. The molecule has 0 unspecified atom stereocenters. The molecule has 154 valence electrons. The van der Waals surface area contributed by atoms with Crippen LogP contribution in [0.2, 0.25) is 0 Å². The number of anilines is 1. The van der Waals surface area contributed by atoms with Crippen LogP contribution in [0, 0.1) is 13.8 Å². The van der Waals surface area contributed by atoms with Crippen molar-refractivity contribution in [1.82, 2.24) is 24.7 Å². The molecule has 8 nitrogen and oxygen atoms in total. The molecule has 0 aliphatic carbocycles. The molecule has 1 atom stereocenters. The van der Waals surface area contributed by atoms with Crippen LogP contribution in [-0.4, -0.2) is 35.9 Å². The molecule has 30 heavy (non-hydrogen) atoms. The number of aromatic amines is 1. The normalized spacial score (nSPS) is 12.2. The van der Waals surface area contributed by atoms with E-state index in [0.717, 1.165) is 15.3 Å². The lowest BCUT2D eigenvalue weighted by Gasteiger charge is -2.14. The minimum atomic E-state index is -0.358. The second-order valence-corrected chi connectivity index (χ2v) is 9.28. The Bertz CT molecular complexity index is 1260. The number of carbonyl (C=O) groups excluding carboxylic acids is 1. The first-order valence-electron chi connectivity index (χ1n) is 9.30. The van der Waals surface area contributed by atoms with Crippen LogP contribution in [0.15, 0.2) is 41.6 Å². The van der Waals surface area contributed by atoms with Gasteiger partial charge in [0.1, 0.15) is 10.7 Å². The molecule has 4 aromatic heterocycles. The summed E-state index contributed by atoms with van der Waals surface area (Å²) in [7, 11) is 0. The Morgan fingerprint density at radius 1 is 1.33 bits per heavy atom. The number of hydrogen-bond acceptors (Lipinski definition) is 7. The molecule has 0 aliphatic heterocycles. The highest BCUT2D eigenvalue weighted by atomic mass is 32.2. The van der Waals surface area contributed by atoms with Crippen LogP contribution in [0.5, 0.6) is 0 Å². The molecule has 0 fully saturated rings. The van der Waals surface area contributed by atoms with E-state index in [2.05, 4.69) is 25.4 Å². The summed E-state index contributed by atoms with van der Waals surface area (Å²) >= 11 is 2.92. The summed E-state index contributed by atoms with van der Waals surface area (Å²) in [5.74, 6) is 1.38. The molecule has 0 aliphatic rings. The number of nitrogens with one attached hydrogen (secondary N) is 2. The molecule has 4 rings (SSSR count). The number of thioether (sulfide) groups is 1. The van der Waals surface area contributed by atoms with Gasteiger partial charge in [-0.25, -0.2) is 14.6 Å². The number of rotatable bonds is 6. The number of thiophene rings is 1. The third-order valence-corrected chi connectivity index (χ3v) is 6.95. The van der Waals surface area contributed by atoms with Gasteiger partial charge in [0.2, 0.25) is 5.91 Å². The third kappa shape index (κ3) is 4.01. The Morgan fingerprint density at radius 2 is 2.17 bits per heavy atom. The van der Waals surface area contributed by atoms with Gasteiger partial charge in [0, 0.05) is 23.5 Å². The lowest BCUT2D eigenvalue weighted by Crippen LogP contribution is -2.24. The highest BCUT2D eigenvalue weighted by Crippen LogP contribution is 2.27. The van der Waals surface area contributed by atoms with Crippen molar-refractivity contribution in [1.29, 1.82) is 0 Å². The van der Waals surface area contributed by atoms with Gasteiger partial charge in [0.05, 0.1) is 22.1 Å². The van der Waals surface area contributed by atoms with Crippen molar-refractivity contribution in [2.45, 2.75) is 31.8 Å². The zero-order valence-electron chi connectivity index (χ0n) is 16.7. The van der Waals surface area contributed by atoms with E-state index in [9.17, 15) is 9.59 Å². The summed E-state index contributed by atoms with van der Waals surface area (Å²) in [4.78, 5) is 38.7. The van der Waals surface area contributed by atoms with E-state index in [1.807, 2.05) is 20.8 Å². The standard InChI is InChI=1S/C20H20N6O2S2/c1-11-12(2)30-20-16(11)19(28)24-15(25-20)10-29-13(3)18(27)23-14-6-4-7-21-17(14)26-9-5-8-22-26/h4-9,13H,10H2,1-3H3,(H,23,27)(H,24,25,28)/t13-/m0/s1. The van der Waals surface area contributed by atoms with Gasteiger partial charge in [-0.3, -0.25) is 9.59 Å². The number of amides is 1. The first kappa shape index (κ1) is 20.3. The number of H-pyrrole nitrogens is 1. The molecule has 0 aromatic carbocycles. The summed E-state index contributed by atoms with van der Waals surface area (Å²) in [5, 5.41) is 7.38. The van der Waals surface area contributed by atoms with Crippen molar-refractivity contribution >= 4 is 44.9 Å². The number of fused-ring (bicyclic) bond motifs is 1. The van der Waals surface area contributed by atoms with Gasteiger partial charge in [0.25, 0.3) is 5.56 Å². The zero-order chi connectivity index (χ0) is 21.3. The summed E-state index contributed by atoms with van der Waals surface area (Å²) in [6.45, 7) is 5.74. The largest absolute Gasteiger partial charge is 0.322 e. The van der Waals surface area contributed by atoms with E-state index in [1.54, 1.807) is 41.5 Å². The number of nitrogens with zero attached hydrogens (tertiary/aromatic N) is 4. The van der Waals surface area contributed by atoms with E-state index < -0.39 is 0 Å². The van der Waals surface area contributed by atoms with Gasteiger partial charge in [-0.15, -0.1) is 23.1 Å². The number of carbonyl (C=O) groups is 1. The Hall–Kier alpha value is -2.98. The fourth-order valence-corrected chi connectivity index (χ4v) is 4.76. The summed E-state index contributed by atoms with van der Waals surface area (Å²) < 4.78 is 1.60. The maximum atomic E-state index is 12.7. The van der Waals surface area contributed by atoms with Crippen molar-refractivity contribution in [3.63, 3.8) is 0 Å². The number of hydrogen-bond donors (Lipinski definition) is 2. The summed E-state index contributed by atoms with van der Waals surface area (Å²) in [6.07, 6.45) is 5.07. The van der Waals surface area contributed by atoms with E-state index in [1.165, 1.54) is 23.1 Å². The van der Waals surface area contributed by atoms with Crippen LogP contribution in [0.1, 0.15) is 23.2 Å².